The summed E-state index contributed by atoms with van der Waals surface area (Å²) in [6.45, 7) is 3.40. The molecule has 0 spiro atoms. The average molecular weight is 425 g/mol. The van der Waals surface area contributed by atoms with Crippen LogP contribution in [0.3, 0.4) is 0 Å². The lowest BCUT2D eigenvalue weighted by atomic mass is 10.1. The van der Waals surface area contributed by atoms with E-state index in [1.54, 1.807) is 0 Å². The van der Waals surface area contributed by atoms with E-state index in [0.29, 0.717) is 5.75 Å². The molecule has 0 aliphatic rings. The van der Waals surface area contributed by atoms with Crippen molar-refractivity contribution in [2.45, 2.75) is 43.7 Å². The van der Waals surface area contributed by atoms with Crippen molar-refractivity contribution >= 4 is 27.5 Å². The Labute approximate surface area is 171 Å². The largest absolute Gasteiger partial charge is 0.495 e. The highest BCUT2D eigenvalue weighted by Gasteiger charge is 2.23. The highest BCUT2D eigenvalue weighted by atomic mass is 35.5. The zero-order valence-electron chi connectivity index (χ0n) is 16.1. The Morgan fingerprint density at radius 2 is 1.82 bits per heavy atom. The molecule has 28 heavy (non-hydrogen) atoms. The van der Waals surface area contributed by atoms with E-state index in [2.05, 4.69) is 10.0 Å². The minimum absolute atomic E-state index is 0.0323. The van der Waals surface area contributed by atoms with Crippen molar-refractivity contribution in [3.05, 3.63) is 59.1 Å². The van der Waals surface area contributed by atoms with Crippen LogP contribution in [0.2, 0.25) is 5.02 Å². The summed E-state index contributed by atoms with van der Waals surface area (Å²) in [6, 6.07) is 13.1. The van der Waals surface area contributed by atoms with Crippen molar-refractivity contribution in [1.82, 2.24) is 10.0 Å². The number of halogens is 1. The van der Waals surface area contributed by atoms with Crippen LogP contribution in [0.4, 0.5) is 0 Å². The van der Waals surface area contributed by atoms with Gasteiger partial charge in [-0.15, -0.1) is 0 Å². The number of sulfonamides is 1. The molecular formula is C20H25ClN2O4S. The third kappa shape index (κ3) is 6.22. The molecule has 2 aromatic carbocycles. The molecule has 0 saturated heterocycles. The molecule has 0 radical (unpaired) electrons. The Morgan fingerprint density at radius 1 is 1.14 bits per heavy atom. The van der Waals surface area contributed by atoms with Gasteiger partial charge in [0, 0.05) is 6.04 Å². The lowest BCUT2D eigenvalue weighted by Crippen LogP contribution is -2.47. The fraction of sp³-hybridized carbons (Fsp3) is 0.350. The molecule has 0 unspecified atom stereocenters. The van der Waals surface area contributed by atoms with Gasteiger partial charge in [0.2, 0.25) is 15.9 Å². The number of ether oxygens (including phenoxy) is 1. The predicted octanol–water partition coefficient (Wildman–Crippen LogP) is 3.15. The van der Waals surface area contributed by atoms with E-state index < -0.39 is 16.1 Å². The summed E-state index contributed by atoms with van der Waals surface area (Å²) >= 11 is 5.99. The van der Waals surface area contributed by atoms with Crippen molar-refractivity contribution in [1.29, 1.82) is 0 Å². The van der Waals surface area contributed by atoms with E-state index in [0.717, 1.165) is 12.8 Å². The summed E-state index contributed by atoms with van der Waals surface area (Å²) in [5.74, 6) is -0.0117. The quantitative estimate of drug-likeness (QED) is 0.647. The van der Waals surface area contributed by atoms with E-state index in [1.165, 1.54) is 37.8 Å². The molecule has 0 fully saturated rings. The van der Waals surface area contributed by atoms with Crippen LogP contribution in [0.25, 0.3) is 0 Å². The molecule has 6 nitrogen and oxygen atoms in total. The van der Waals surface area contributed by atoms with Crippen molar-refractivity contribution in [3.8, 4) is 5.75 Å². The van der Waals surface area contributed by atoms with Gasteiger partial charge in [0.05, 0.1) is 23.1 Å². The lowest BCUT2D eigenvalue weighted by molar-refractivity contribution is -0.123. The molecule has 0 aliphatic carbocycles. The van der Waals surface area contributed by atoms with Gasteiger partial charge in [-0.25, -0.2) is 8.42 Å². The maximum Gasteiger partial charge on any atom is 0.241 e. The van der Waals surface area contributed by atoms with E-state index in [9.17, 15) is 13.2 Å². The van der Waals surface area contributed by atoms with Crippen LogP contribution in [-0.2, 0) is 21.2 Å². The van der Waals surface area contributed by atoms with Gasteiger partial charge < -0.3 is 10.1 Å². The number of rotatable bonds is 9. The van der Waals surface area contributed by atoms with E-state index in [4.69, 9.17) is 16.3 Å². The third-order valence-corrected chi connectivity index (χ3v) is 6.09. The SMILES string of the molecule is COc1ccc(S(=O)(=O)N[C@@H](C)C(=O)N[C@@H](C)CCc2ccccc2)cc1Cl. The molecule has 1 amide bonds. The molecule has 0 heterocycles. The molecular weight excluding hydrogens is 400 g/mol. The molecule has 2 rings (SSSR count). The molecule has 152 valence electrons. The van der Waals surface area contributed by atoms with Crippen molar-refractivity contribution < 1.29 is 17.9 Å². The molecule has 0 aromatic heterocycles. The summed E-state index contributed by atoms with van der Waals surface area (Å²) < 4.78 is 32.4. The summed E-state index contributed by atoms with van der Waals surface area (Å²) in [7, 11) is -2.45. The third-order valence-electron chi connectivity index (χ3n) is 4.26. The standard InChI is InChI=1S/C20H25ClN2O4S/c1-14(9-10-16-7-5-4-6-8-16)22-20(24)15(2)23-28(25,26)17-11-12-19(27-3)18(21)13-17/h4-8,11-15,23H,9-10H2,1-3H3,(H,22,24)/t14-,15-/m0/s1. The van der Waals surface area contributed by atoms with Crippen LogP contribution in [0.5, 0.6) is 5.75 Å². The number of nitrogens with one attached hydrogen (secondary N) is 2. The number of amides is 1. The highest BCUT2D eigenvalue weighted by Crippen LogP contribution is 2.26. The normalized spacial score (nSPS) is 13.6. The first-order valence-electron chi connectivity index (χ1n) is 8.93. The maximum absolute atomic E-state index is 12.5. The van der Waals surface area contributed by atoms with Gasteiger partial charge in [-0.3, -0.25) is 4.79 Å². The number of carbonyl (C=O) groups is 1. The molecule has 8 heteroatoms. The van der Waals surface area contributed by atoms with Gasteiger partial charge in [-0.1, -0.05) is 41.9 Å². The van der Waals surface area contributed by atoms with Crippen LogP contribution < -0.4 is 14.8 Å². The minimum Gasteiger partial charge on any atom is -0.495 e. The molecule has 2 N–H and O–H groups in total. The second kappa shape index (κ2) is 9.91. The fourth-order valence-electron chi connectivity index (χ4n) is 2.64. The predicted molar refractivity (Wildman–Crippen MR) is 110 cm³/mol. The Hall–Kier alpha value is -2.09. The van der Waals surface area contributed by atoms with Crippen LogP contribution in [0.1, 0.15) is 25.8 Å². The number of aryl methyl sites for hydroxylation is 1. The van der Waals surface area contributed by atoms with Gasteiger partial charge in [0.15, 0.2) is 0 Å². The van der Waals surface area contributed by atoms with E-state index >= 15 is 0 Å². The average Bonchev–Trinajstić information content (AvgIpc) is 2.66. The number of hydrogen-bond acceptors (Lipinski definition) is 4. The van der Waals surface area contributed by atoms with Gasteiger partial charge >= 0.3 is 0 Å². The van der Waals surface area contributed by atoms with Gasteiger partial charge in [-0.2, -0.15) is 4.72 Å². The minimum atomic E-state index is -3.89. The zero-order valence-corrected chi connectivity index (χ0v) is 17.7. The first-order chi connectivity index (χ1) is 13.2. The number of methoxy groups -OCH3 is 1. The Balaban J connectivity index is 1.92. The summed E-state index contributed by atoms with van der Waals surface area (Å²) in [5.41, 5.74) is 1.19. The Kier molecular flexibility index (Phi) is 7.86. The zero-order chi connectivity index (χ0) is 20.7. The first-order valence-corrected chi connectivity index (χ1v) is 10.8. The molecule has 2 aromatic rings. The van der Waals surface area contributed by atoms with Gasteiger partial charge in [0.1, 0.15) is 5.75 Å². The first kappa shape index (κ1) is 22.2. The van der Waals surface area contributed by atoms with Crippen LogP contribution in [0, 0.1) is 0 Å². The second-order valence-electron chi connectivity index (χ2n) is 6.57. The summed E-state index contributed by atoms with van der Waals surface area (Å²) in [6.07, 6.45) is 1.58. The van der Waals surface area contributed by atoms with Gasteiger partial charge in [-0.05, 0) is 50.5 Å². The lowest BCUT2D eigenvalue weighted by Gasteiger charge is -2.19. The maximum atomic E-state index is 12.5. The van der Waals surface area contributed by atoms with Gasteiger partial charge in [0.25, 0.3) is 0 Å². The topological polar surface area (TPSA) is 84.5 Å². The van der Waals surface area contributed by atoms with E-state index in [-0.39, 0.29) is 21.9 Å². The Bertz CT molecular complexity index is 904. The summed E-state index contributed by atoms with van der Waals surface area (Å²) in [5, 5.41) is 3.02. The molecule has 0 aliphatic heterocycles. The highest BCUT2D eigenvalue weighted by molar-refractivity contribution is 7.89. The Morgan fingerprint density at radius 3 is 2.43 bits per heavy atom. The van der Waals surface area contributed by atoms with Crippen molar-refractivity contribution in [2.75, 3.05) is 7.11 Å². The molecule has 0 bridgehead atoms. The molecule has 2 atom stereocenters. The van der Waals surface area contributed by atoms with E-state index in [1.807, 2.05) is 37.3 Å². The summed E-state index contributed by atoms with van der Waals surface area (Å²) in [4.78, 5) is 12.3. The van der Waals surface area contributed by atoms with Crippen LogP contribution in [-0.4, -0.2) is 33.5 Å². The fourth-order valence-corrected chi connectivity index (χ4v) is 4.19. The number of hydrogen-bond donors (Lipinski definition) is 2. The van der Waals surface area contributed by atoms with Crippen molar-refractivity contribution in [2.24, 2.45) is 0 Å². The van der Waals surface area contributed by atoms with Crippen LogP contribution in [0.15, 0.2) is 53.4 Å². The number of carbonyl (C=O) groups excluding carboxylic acids is 1. The smallest absolute Gasteiger partial charge is 0.241 e. The second-order valence-corrected chi connectivity index (χ2v) is 8.69. The molecule has 0 saturated carbocycles. The van der Waals surface area contributed by atoms with Crippen molar-refractivity contribution in [3.63, 3.8) is 0 Å². The monoisotopic (exact) mass is 424 g/mol. The number of benzene rings is 2. The van der Waals surface area contributed by atoms with Crippen LogP contribution >= 0.6 is 11.6 Å².